The number of fused-ring (bicyclic) bond motifs is 1. The van der Waals surface area contributed by atoms with Gasteiger partial charge in [0.15, 0.2) is 5.65 Å². The van der Waals surface area contributed by atoms with Crippen molar-refractivity contribution in [3.8, 4) is 11.3 Å². The average Bonchev–Trinajstić information content (AvgIpc) is 2.89. The molecule has 0 bridgehead atoms. The first kappa shape index (κ1) is 15.5. The van der Waals surface area contributed by atoms with Crippen molar-refractivity contribution in [2.45, 2.75) is 32.5 Å². The first-order valence-electron chi connectivity index (χ1n) is 7.19. The van der Waals surface area contributed by atoms with Crippen molar-refractivity contribution in [2.24, 2.45) is 0 Å². The van der Waals surface area contributed by atoms with E-state index in [0.29, 0.717) is 5.56 Å². The van der Waals surface area contributed by atoms with Crippen molar-refractivity contribution in [1.82, 2.24) is 14.5 Å². The Hall–Kier alpha value is -2.37. The molecule has 0 atom stereocenters. The van der Waals surface area contributed by atoms with Crippen LogP contribution in [0.25, 0.3) is 22.4 Å². The van der Waals surface area contributed by atoms with Crippen LogP contribution in [0.15, 0.2) is 42.7 Å². The largest absolute Gasteiger partial charge is 0.418 e. The number of hydrogen-bond donors (Lipinski definition) is 0. The van der Waals surface area contributed by atoms with E-state index in [4.69, 9.17) is 0 Å². The number of pyridine rings is 1. The third kappa shape index (κ3) is 2.81. The van der Waals surface area contributed by atoms with Crippen LogP contribution < -0.4 is 0 Å². The first-order valence-corrected chi connectivity index (χ1v) is 7.19. The van der Waals surface area contributed by atoms with Gasteiger partial charge in [-0.25, -0.2) is 9.97 Å². The molecule has 0 spiro atoms. The molecule has 0 radical (unpaired) electrons. The molecule has 0 saturated heterocycles. The molecule has 0 aliphatic heterocycles. The lowest BCUT2D eigenvalue weighted by molar-refractivity contribution is -0.136. The van der Waals surface area contributed by atoms with Gasteiger partial charge in [0.1, 0.15) is 5.52 Å². The molecule has 120 valence electrons. The van der Waals surface area contributed by atoms with E-state index >= 15 is 0 Å². The number of halogens is 3. The molecular weight excluding hydrogens is 303 g/mol. The fourth-order valence-electron chi connectivity index (χ4n) is 2.45. The van der Waals surface area contributed by atoms with Crippen molar-refractivity contribution < 1.29 is 13.2 Å². The normalized spacial score (nSPS) is 12.8. The van der Waals surface area contributed by atoms with Crippen molar-refractivity contribution >= 4 is 11.2 Å². The van der Waals surface area contributed by atoms with Gasteiger partial charge in [0.2, 0.25) is 0 Å². The van der Waals surface area contributed by atoms with Crippen LogP contribution in [-0.2, 0) is 11.7 Å². The molecule has 0 N–H and O–H groups in total. The molecule has 0 saturated carbocycles. The summed E-state index contributed by atoms with van der Waals surface area (Å²) in [6.07, 6.45) is -3.07. The van der Waals surface area contributed by atoms with E-state index < -0.39 is 17.3 Å². The molecule has 3 rings (SSSR count). The Morgan fingerprint density at radius 2 is 1.65 bits per heavy atom. The van der Waals surface area contributed by atoms with Crippen molar-refractivity contribution in [3.05, 3.63) is 48.3 Å². The summed E-state index contributed by atoms with van der Waals surface area (Å²) in [4.78, 5) is 8.41. The monoisotopic (exact) mass is 319 g/mol. The van der Waals surface area contributed by atoms with Crippen LogP contribution in [0, 0.1) is 0 Å². The van der Waals surface area contributed by atoms with Crippen LogP contribution in [0.3, 0.4) is 0 Å². The predicted molar refractivity (Wildman–Crippen MR) is 83.0 cm³/mol. The van der Waals surface area contributed by atoms with Crippen LogP contribution >= 0.6 is 0 Å². The van der Waals surface area contributed by atoms with E-state index in [1.165, 1.54) is 6.33 Å². The van der Waals surface area contributed by atoms with Crippen LogP contribution in [-0.4, -0.2) is 14.5 Å². The number of alkyl halides is 3. The lowest BCUT2D eigenvalue weighted by Gasteiger charge is -2.21. The Morgan fingerprint density at radius 3 is 2.22 bits per heavy atom. The number of aromatic nitrogens is 3. The van der Waals surface area contributed by atoms with Crippen LogP contribution in [0.5, 0.6) is 0 Å². The van der Waals surface area contributed by atoms with Crippen LogP contribution in [0.2, 0.25) is 0 Å². The number of nitrogens with zero attached hydrogens (tertiary/aromatic N) is 3. The van der Waals surface area contributed by atoms with Gasteiger partial charge in [0.05, 0.1) is 17.6 Å². The third-order valence-corrected chi connectivity index (χ3v) is 3.60. The highest BCUT2D eigenvalue weighted by Crippen LogP contribution is 2.37. The standard InChI is InChI=1S/C17H16F3N3/c1-16(2,3)23-10-21-14-12(17(18,19)20)9-13(22-15(14)23)11-7-5-4-6-8-11/h4-10H,1-3H3. The second-order valence-corrected chi connectivity index (χ2v) is 6.38. The molecule has 1 aromatic carbocycles. The summed E-state index contributed by atoms with van der Waals surface area (Å²) >= 11 is 0. The van der Waals surface area contributed by atoms with Crippen LogP contribution in [0.4, 0.5) is 13.2 Å². The molecular formula is C17H16F3N3. The summed E-state index contributed by atoms with van der Waals surface area (Å²) in [7, 11) is 0. The van der Waals surface area contributed by atoms with Crippen molar-refractivity contribution in [3.63, 3.8) is 0 Å². The van der Waals surface area contributed by atoms with E-state index in [1.807, 2.05) is 26.8 Å². The number of imidazole rings is 1. The molecule has 2 aromatic heterocycles. The minimum absolute atomic E-state index is 0.118. The number of benzene rings is 1. The average molecular weight is 319 g/mol. The van der Waals surface area contributed by atoms with Gasteiger partial charge >= 0.3 is 6.18 Å². The van der Waals surface area contributed by atoms with E-state index in [-0.39, 0.29) is 16.9 Å². The quantitative estimate of drug-likeness (QED) is 0.640. The molecule has 23 heavy (non-hydrogen) atoms. The maximum atomic E-state index is 13.4. The minimum atomic E-state index is -4.48. The lowest BCUT2D eigenvalue weighted by Crippen LogP contribution is -2.21. The first-order chi connectivity index (χ1) is 10.7. The van der Waals surface area contributed by atoms with Gasteiger partial charge in [-0.1, -0.05) is 30.3 Å². The van der Waals surface area contributed by atoms with E-state index in [9.17, 15) is 13.2 Å². The summed E-state index contributed by atoms with van der Waals surface area (Å²) < 4.78 is 42.0. The zero-order valence-electron chi connectivity index (χ0n) is 13.0. The Kier molecular flexibility index (Phi) is 3.43. The summed E-state index contributed by atoms with van der Waals surface area (Å²) in [5, 5.41) is 0. The summed E-state index contributed by atoms with van der Waals surface area (Å²) in [5.74, 6) is 0. The van der Waals surface area contributed by atoms with Gasteiger partial charge in [-0.3, -0.25) is 0 Å². The molecule has 0 amide bonds. The highest BCUT2D eigenvalue weighted by atomic mass is 19.4. The number of rotatable bonds is 1. The van der Waals surface area contributed by atoms with Gasteiger partial charge in [0.25, 0.3) is 0 Å². The summed E-state index contributed by atoms with van der Waals surface area (Å²) in [6, 6.07) is 9.91. The Balaban J connectivity index is 2.36. The molecule has 3 nitrogen and oxygen atoms in total. The van der Waals surface area contributed by atoms with Gasteiger partial charge in [-0.15, -0.1) is 0 Å². The van der Waals surface area contributed by atoms with Gasteiger partial charge < -0.3 is 4.57 Å². The SMILES string of the molecule is CC(C)(C)n1cnc2c(C(F)(F)F)cc(-c3ccccc3)nc21. The van der Waals surface area contributed by atoms with Gasteiger partial charge in [-0.2, -0.15) is 13.2 Å². The van der Waals surface area contributed by atoms with Crippen LogP contribution in [0.1, 0.15) is 26.3 Å². The van der Waals surface area contributed by atoms with Crippen molar-refractivity contribution in [1.29, 1.82) is 0 Å². The predicted octanol–water partition coefficient (Wildman–Crippen LogP) is 4.87. The highest BCUT2D eigenvalue weighted by Gasteiger charge is 2.35. The Bertz CT molecular complexity index is 843. The molecule has 0 aliphatic carbocycles. The zero-order chi connectivity index (χ0) is 16.8. The topological polar surface area (TPSA) is 30.7 Å². The molecule has 3 aromatic rings. The van der Waals surface area contributed by atoms with E-state index in [1.54, 1.807) is 28.8 Å². The smallest absolute Gasteiger partial charge is 0.310 e. The minimum Gasteiger partial charge on any atom is -0.310 e. The molecule has 6 heteroatoms. The summed E-state index contributed by atoms with van der Waals surface area (Å²) in [6.45, 7) is 5.70. The molecule has 2 heterocycles. The zero-order valence-corrected chi connectivity index (χ0v) is 13.0. The molecule has 0 fully saturated rings. The second-order valence-electron chi connectivity index (χ2n) is 6.38. The van der Waals surface area contributed by atoms with E-state index in [2.05, 4.69) is 9.97 Å². The van der Waals surface area contributed by atoms with Gasteiger partial charge in [-0.05, 0) is 26.8 Å². The Labute approximate surface area is 131 Å². The highest BCUT2D eigenvalue weighted by molar-refractivity contribution is 5.80. The van der Waals surface area contributed by atoms with E-state index in [0.717, 1.165) is 6.07 Å². The Morgan fingerprint density at radius 1 is 1.00 bits per heavy atom. The lowest BCUT2D eigenvalue weighted by atomic mass is 10.1. The fraction of sp³-hybridized carbons (Fsp3) is 0.294. The summed E-state index contributed by atoms with van der Waals surface area (Å²) in [5.41, 5.74) is -0.124. The number of hydrogen-bond acceptors (Lipinski definition) is 2. The second kappa shape index (κ2) is 5.08. The molecule has 0 aliphatic rings. The third-order valence-electron chi connectivity index (χ3n) is 3.60. The fourth-order valence-corrected chi connectivity index (χ4v) is 2.45. The maximum Gasteiger partial charge on any atom is 0.418 e. The van der Waals surface area contributed by atoms with Gasteiger partial charge in [0, 0.05) is 11.1 Å². The molecule has 0 unspecified atom stereocenters. The maximum absolute atomic E-state index is 13.4. The van der Waals surface area contributed by atoms with Crippen molar-refractivity contribution in [2.75, 3.05) is 0 Å².